The summed E-state index contributed by atoms with van der Waals surface area (Å²) < 4.78 is 0. The summed E-state index contributed by atoms with van der Waals surface area (Å²) in [4.78, 5) is 13.2. The van der Waals surface area contributed by atoms with Crippen molar-refractivity contribution < 1.29 is 0 Å². The molecule has 5 heteroatoms. The number of aromatic nitrogens is 3. The van der Waals surface area contributed by atoms with E-state index in [1.165, 1.54) is 25.7 Å². The largest absolute Gasteiger partial charge is 0.366 e. The Balaban J connectivity index is 1.65. The molecule has 5 nitrogen and oxygen atoms in total. The zero-order valence-corrected chi connectivity index (χ0v) is 12.3. The van der Waals surface area contributed by atoms with Crippen molar-refractivity contribution in [2.24, 2.45) is 0 Å². The van der Waals surface area contributed by atoms with E-state index in [4.69, 9.17) is 0 Å². The van der Waals surface area contributed by atoms with Crippen molar-refractivity contribution in [1.29, 1.82) is 0 Å². The molecular weight excluding hydrogens is 262 g/mol. The van der Waals surface area contributed by atoms with Crippen LogP contribution in [0.3, 0.4) is 0 Å². The Morgan fingerprint density at radius 2 is 2.10 bits per heavy atom. The summed E-state index contributed by atoms with van der Waals surface area (Å²) in [6, 6.07) is 6.48. The van der Waals surface area contributed by atoms with E-state index >= 15 is 0 Å². The Hall–Kier alpha value is -2.17. The highest BCUT2D eigenvalue weighted by molar-refractivity contribution is 5.43. The smallest absolute Gasteiger partial charge is 0.225 e. The van der Waals surface area contributed by atoms with Gasteiger partial charge in [0, 0.05) is 36.7 Å². The van der Waals surface area contributed by atoms with Gasteiger partial charge < -0.3 is 10.6 Å². The Morgan fingerprint density at radius 1 is 1.24 bits per heavy atom. The molecule has 0 atom stereocenters. The molecule has 2 heterocycles. The minimum Gasteiger partial charge on any atom is -0.366 e. The average Bonchev–Trinajstić information content (AvgIpc) is 2.99. The van der Waals surface area contributed by atoms with Crippen LogP contribution in [-0.4, -0.2) is 21.0 Å². The number of nitrogens with zero attached hydrogens (tertiary/aromatic N) is 3. The van der Waals surface area contributed by atoms with E-state index in [2.05, 4.69) is 25.6 Å². The molecular formula is C16H21N5. The van der Waals surface area contributed by atoms with Crippen LogP contribution in [0.2, 0.25) is 0 Å². The highest BCUT2D eigenvalue weighted by Crippen LogP contribution is 2.21. The third kappa shape index (κ3) is 3.90. The van der Waals surface area contributed by atoms with E-state index in [-0.39, 0.29) is 0 Å². The molecule has 0 aliphatic heterocycles. The molecule has 1 saturated carbocycles. The fourth-order valence-corrected chi connectivity index (χ4v) is 2.67. The molecule has 0 spiro atoms. The van der Waals surface area contributed by atoms with Crippen LogP contribution in [0.4, 0.5) is 11.8 Å². The number of anilines is 2. The first-order valence-corrected chi connectivity index (χ1v) is 7.54. The molecule has 0 unspecified atom stereocenters. The third-order valence-electron chi connectivity index (χ3n) is 3.74. The predicted molar refractivity (Wildman–Crippen MR) is 84.2 cm³/mol. The molecule has 2 aromatic heterocycles. The Bertz CT molecular complexity index is 578. The summed E-state index contributed by atoms with van der Waals surface area (Å²) in [6.45, 7) is 2.71. The van der Waals surface area contributed by atoms with Crippen molar-refractivity contribution in [1.82, 2.24) is 15.0 Å². The Kier molecular flexibility index (Phi) is 4.28. The van der Waals surface area contributed by atoms with Crippen molar-refractivity contribution in [3.63, 3.8) is 0 Å². The molecule has 21 heavy (non-hydrogen) atoms. The van der Waals surface area contributed by atoms with Gasteiger partial charge in [0.05, 0.1) is 0 Å². The van der Waals surface area contributed by atoms with Gasteiger partial charge in [0.1, 0.15) is 5.82 Å². The van der Waals surface area contributed by atoms with Gasteiger partial charge in [-0.2, -0.15) is 4.98 Å². The quantitative estimate of drug-likeness (QED) is 0.882. The second-order valence-corrected chi connectivity index (χ2v) is 5.56. The normalized spacial score (nSPS) is 15.1. The SMILES string of the molecule is Cc1cc(NCc2cccnc2)nc(NC2CCCC2)n1. The number of aryl methyl sites for hydroxylation is 1. The van der Waals surface area contributed by atoms with E-state index in [9.17, 15) is 0 Å². The van der Waals surface area contributed by atoms with Gasteiger partial charge in [0.15, 0.2) is 0 Å². The second kappa shape index (κ2) is 6.52. The summed E-state index contributed by atoms with van der Waals surface area (Å²) in [6.07, 6.45) is 8.68. The van der Waals surface area contributed by atoms with Crippen molar-refractivity contribution in [2.45, 2.75) is 45.2 Å². The Labute approximate surface area is 125 Å². The van der Waals surface area contributed by atoms with Gasteiger partial charge in [0.25, 0.3) is 0 Å². The van der Waals surface area contributed by atoms with Gasteiger partial charge in [-0.05, 0) is 31.4 Å². The molecule has 1 aliphatic carbocycles. The predicted octanol–water partition coefficient (Wildman–Crippen LogP) is 3.15. The van der Waals surface area contributed by atoms with Crippen molar-refractivity contribution in [3.8, 4) is 0 Å². The number of rotatable bonds is 5. The molecule has 0 aromatic carbocycles. The highest BCUT2D eigenvalue weighted by atomic mass is 15.2. The molecule has 2 N–H and O–H groups in total. The van der Waals surface area contributed by atoms with E-state index in [1.54, 1.807) is 6.20 Å². The van der Waals surface area contributed by atoms with E-state index in [0.29, 0.717) is 12.6 Å². The first kappa shape index (κ1) is 13.8. The summed E-state index contributed by atoms with van der Waals surface area (Å²) in [5.41, 5.74) is 2.11. The van der Waals surface area contributed by atoms with Gasteiger partial charge >= 0.3 is 0 Å². The van der Waals surface area contributed by atoms with Gasteiger partial charge in [-0.25, -0.2) is 4.98 Å². The monoisotopic (exact) mass is 283 g/mol. The van der Waals surface area contributed by atoms with Crippen molar-refractivity contribution in [2.75, 3.05) is 10.6 Å². The molecule has 0 amide bonds. The van der Waals surface area contributed by atoms with E-state index in [0.717, 1.165) is 23.0 Å². The lowest BCUT2D eigenvalue weighted by Gasteiger charge is -2.14. The molecule has 0 saturated heterocycles. The van der Waals surface area contributed by atoms with Gasteiger partial charge in [-0.15, -0.1) is 0 Å². The van der Waals surface area contributed by atoms with Crippen LogP contribution in [0.15, 0.2) is 30.6 Å². The number of hydrogen-bond acceptors (Lipinski definition) is 5. The number of nitrogens with one attached hydrogen (secondary N) is 2. The molecule has 3 rings (SSSR count). The maximum absolute atomic E-state index is 4.56. The zero-order chi connectivity index (χ0) is 14.5. The standard InChI is InChI=1S/C16H21N5/c1-12-9-15(18-11-13-5-4-8-17-10-13)21-16(19-12)20-14-6-2-3-7-14/h4-5,8-10,14H,2-3,6-7,11H2,1H3,(H2,18,19,20,21). The summed E-state index contributed by atoms with van der Waals surface area (Å²) in [5.74, 6) is 1.59. The molecule has 0 radical (unpaired) electrons. The van der Waals surface area contributed by atoms with Crippen LogP contribution in [0.5, 0.6) is 0 Å². The lowest BCUT2D eigenvalue weighted by molar-refractivity contribution is 0.743. The van der Waals surface area contributed by atoms with Crippen molar-refractivity contribution in [3.05, 3.63) is 41.9 Å². The van der Waals surface area contributed by atoms with E-state index < -0.39 is 0 Å². The minimum atomic E-state index is 0.526. The van der Waals surface area contributed by atoms with Gasteiger partial charge in [-0.1, -0.05) is 18.9 Å². The third-order valence-corrected chi connectivity index (χ3v) is 3.74. The van der Waals surface area contributed by atoms with Crippen molar-refractivity contribution >= 4 is 11.8 Å². The van der Waals surface area contributed by atoms with Crippen LogP contribution in [0, 0.1) is 6.92 Å². The highest BCUT2D eigenvalue weighted by Gasteiger charge is 2.15. The van der Waals surface area contributed by atoms with Crippen LogP contribution >= 0.6 is 0 Å². The molecule has 1 aliphatic rings. The van der Waals surface area contributed by atoms with Gasteiger partial charge in [0.2, 0.25) is 5.95 Å². The van der Waals surface area contributed by atoms with Gasteiger partial charge in [-0.3, -0.25) is 4.98 Å². The maximum atomic E-state index is 4.56. The first-order chi connectivity index (χ1) is 10.3. The Morgan fingerprint density at radius 3 is 2.86 bits per heavy atom. The minimum absolute atomic E-state index is 0.526. The summed E-state index contributed by atoms with van der Waals surface area (Å²) in [7, 11) is 0. The van der Waals surface area contributed by atoms with Crippen LogP contribution < -0.4 is 10.6 Å². The van der Waals surface area contributed by atoms with E-state index in [1.807, 2.05) is 31.3 Å². The summed E-state index contributed by atoms with van der Waals surface area (Å²) >= 11 is 0. The zero-order valence-electron chi connectivity index (χ0n) is 12.3. The number of hydrogen-bond donors (Lipinski definition) is 2. The van der Waals surface area contributed by atoms with Crippen LogP contribution in [0.25, 0.3) is 0 Å². The average molecular weight is 283 g/mol. The molecule has 110 valence electrons. The lowest BCUT2D eigenvalue weighted by atomic mass is 10.2. The van der Waals surface area contributed by atoms with Crippen LogP contribution in [-0.2, 0) is 6.54 Å². The topological polar surface area (TPSA) is 62.7 Å². The molecule has 1 fully saturated rings. The first-order valence-electron chi connectivity index (χ1n) is 7.54. The fourth-order valence-electron chi connectivity index (χ4n) is 2.67. The second-order valence-electron chi connectivity index (χ2n) is 5.56. The number of pyridine rings is 1. The fraction of sp³-hybridized carbons (Fsp3) is 0.438. The molecule has 2 aromatic rings. The lowest BCUT2D eigenvalue weighted by Crippen LogP contribution is -2.17. The van der Waals surface area contributed by atoms with Crippen LogP contribution in [0.1, 0.15) is 36.9 Å². The molecule has 0 bridgehead atoms. The summed E-state index contributed by atoms with van der Waals surface area (Å²) in [5, 5.41) is 6.78. The maximum Gasteiger partial charge on any atom is 0.225 e.